The topological polar surface area (TPSA) is 55.1 Å². The van der Waals surface area contributed by atoms with Crippen LogP contribution in [-0.2, 0) is 11.3 Å². The van der Waals surface area contributed by atoms with E-state index in [2.05, 4.69) is 4.98 Å². The van der Waals surface area contributed by atoms with Crippen molar-refractivity contribution in [2.45, 2.75) is 19.4 Å². The number of hydrogen-bond acceptors (Lipinski definition) is 2. The summed E-state index contributed by atoms with van der Waals surface area (Å²) in [6.45, 7) is 0.432. The van der Waals surface area contributed by atoms with Crippen molar-refractivity contribution >= 4 is 17.0 Å². The second-order valence-corrected chi connectivity index (χ2v) is 5.20. The van der Waals surface area contributed by atoms with Gasteiger partial charge in [0.2, 0.25) is 0 Å². The molecular formula is C17H14F2N2O2. The zero-order valence-corrected chi connectivity index (χ0v) is 12.2. The minimum Gasteiger partial charge on any atom is -0.481 e. The molecule has 0 bridgehead atoms. The van der Waals surface area contributed by atoms with E-state index in [-0.39, 0.29) is 6.42 Å². The van der Waals surface area contributed by atoms with Crippen LogP contribution in [0.15, 0.2) is 42.5 Å². The Hall–Kier alpha value is -2.76. The van der Waals surface area contributed by atoms with Crippen molar-refractivity contribution in [1.29, 1.82) is 0 Å². The van der Waals surface area contributed by atoms with E-state index >= 15 is 0 Å². The Morgan fingerprint density at radius 2 is 1.91 bits per heavy atom. The molecule has 0 atom stereocenters. The predicted molar refractivity (Wildman–Crippen MR) is 82.0 cm³/mol. The first-order chi connectivity index (χ1) is 11.1. The Morgan fingerprint density at radius 1 is 1.13 bits per heavy atom. The van der Waals surface area contributed by atoms with E-state index in [4.69, 9.17) is 5.11 Å². The Balaban J connectivity index is 2.07. The van der Waals surface area contributed by atoms with Crippen LogP contribution in [0.25, 0.3) is 22.4 Å². The predicted octanol–water partition coefficient (Wildman–Crippen LogP) is 3.85. The number of imidazole rings is 1. The van der Waals surface area contributed by atoms with Crippen LogP contribution in [-0.4, -0.2) is 20.6 Å². The lowest BCUT2D eigenvalue weighted by atomic mass is 10.2. The van der Waals surface area contributed by atoms with E-state index in [0.717, 1.165) is 23.2 Å². The van der Waals surface area contributed by atoms with Crippen LogP contribution in [0.4, 0.5) is 8.78 Å². The van der Waals surface area contributed by atoms with Crippen LogP contribution >= 0.6 is 0 Å². The van der Waals surface area contributed by atoms with Crippen molar-refractivity contribution in [2.24, 2.45) is 0 Å². The second kappa shape index (κ2) is 6.16. The first-order valence-corrected chi connectivity index (χ1v) is 7.19. The summed E-state index contributed by atoms with van der Waals surface area (Å²) >= 11 is 0. The smallest absolute Gasteiger partial charge is 0.303 e. The SMILES string of the molecule is O=C(O)CCCn1c(-c2ccc(F)c(F)c2)nc2ccccc21. The van der Waals surface area contributed by atoms with Crippen LogP contribution in [0, 0.1) is 11.6 Å². The maximum Gasteiger partial charge on any atom is 0.303 e. The van der Waals surface area contributed by atoms with Crippen molar-refractivity contribution in [3.05, 3.63) is 54.1 Å². The quantitative estimate of drug-likeness (QED) is 0.778. The maximum atomic E-state index is 13.5. The van der Waals surface area contributed by atoms with E-state index in [9.17, 15) is 13.6 Å². The molecule has 4 nitrogen and oxygen atoms in total. The highest BCUT2D eigenvalue weighted by Crippen LogP contribution is 2.26. The van der Waals surface area contributed by atoms with Gasteiger partial charge in [-0.15, -0.1) is 0 Å². The fourth-order valence-corrected chi connectivity index (χ4v) is 2.55. The molecule has 0 aliphatic heterocycles. The zero-order chi connectivity index (χ0) is 16.4. The molecule has 118 valence electrons. The molecule has 1 aromatic heterocycles. The van der Waals surface area contributed by atoms with Gasteiger partial charge in [0, 0.05) is 18.5 Å². The van der Waals surface area contributed by atoms with Crippen LogP contribution in [0.3, 0.4) is 0 Å². The molecule has 3 rings (SSSR count). The van der Waals surface area contributed by atoms with E-state index in [1.807, 2.05) is 28.8 Å². The van der Waals surface area contributed by atoms with Crippen molar-refractivity contribution in [1.82, 2.24) is 9.55 Å². The summed E-state index contributed by atoms with van der Waals surface area (Å²) in [7, 11) is 0. The van der Waals surface area contributed by atoms with E-state index in [0.29, 0.717) is 24.4 Å². The van der Waals surface area contributed by atoms with Gasteiger partial charge in [0.15, 0.2) is 11.6 Å². The molecule has 3 aromatic rings. The Bertz CT molecular complexity index is 874. The molecule has 2 aromatic carbocycles. The lowest BCUT2D eigenvalue weighted by Crippen LogP contribution is -2.04. The van der Waals surface area contributed by atoms with Gasteiger partial charge >= 0.3 is 5.97 Å². The van der Waals surface area contributed by atoms with Crippen LogP contribution < -0.4 is 0 Å². The molecule has 0 radical (unpaired) electrons. The number of aryl methyl sites for hydroxylation is 1. The third kappa shape index (κ3) is 3.06. The fourth-order valence-electron chi connectivity index (χ4n) is 2.55. The van der Waals surface area contributed by atoms with E-state index in [1.165, 1.54) is 6.07 Å². The van der Waals surface area contributed by atoms with Gasteiger partial charge in [0.05, 0.1) is 11.0 Å². The Morgan fingerprint density at radius 3 is 2.65 bits per heavy atom. The Labute approximate surface area is 131 Å². The first-order valence-electron chi connectivity index (χ1n) is 7.19. The van der Waals surface area contributed by atoms with Crippen molar-refractivity contribution < 1.29 is 18.7 Å². The van der Waals surface area contributed by atoms with Crippen molar-refractivity contribution in [2.75, 3.05) is 0 Å². The Kier molecular flexibility index (Phi) is 4.06. The number of halogens is 2. The fraction of sp³-hybridized carbons (Fsp3) is 0.176. The van der Waals surface area contributed by atoms with Gasteiger partial charge in [-0.25, -0.2) is 13.8 Å². The number of aliphatic carboxylic acids is 1. The summed E-state index contributed by atoms with van der Waals surface area (Å²) in [5.41, 5.74) is 2.01. The minimum atomic E-state index is -0.938. The highest BCUT2D eigenvalue weighted by molar-refractivity contribution is 5.80. The number of nitrogens with zero attached hydrogens (tertiary/aromatic N) is 2. The summed E-state index contributed by atoms with van der Waals surface area (Å²) < 4.78 is 28.5. The molecular weight excluding hydrogens is 302 g/mol. The van der Waals surface area contributed by atoms with E-state index in [1.54, 1.807) is 0 Å². The largest absolute Gasteiger partial charge is 0.481 e. The number of fused-ring (bicyclic) bond motifs is 1. The molecule has 1 N–H and O–H groups in total. The lowest BCUT2D eigenvalue weighted by molar-refractivity contribution is -0.137. The van der Waals surface area contributed by atoms with Gasteiger partial charge in [0.25, 0.3) is 0 Å². The molecule has 0 amide bonds. The number of carboxylic acids is 1. The minimum absolute atomic E-state index is 0.0315. The van der Waals surface area contributed by atoms with Gasteiger partial charge in [-0.3, -0.25) is 4.79 Å². The summed E-state index contributed by atoms with van der Waals surface area (Å²) in [5.74, 6) is -2.23. The summed E-state index contributed by atoms with van der Waals surface area (Å²) in [6.07, 6.45) is 0.454. The average Bonchev–Trinajstić information content (AvgIpc) is 2.89. The van der Waals surface area contributed by atoms with Crippen LogP contribution in [0.1, 0.15) is 12.8 Å². The monoisotopic (exact) mass is 316 g/mol. The molecule has 0 fully saturated rings. The molecule has 0 unspecified atom stereocenters. The average molecular weight is 316 g/mol. The second-order valence-electron chi connectivity index (χ2n) is 5.20. The van der Waals surface area contributed by atoms with Gasteiger partial charge in [0.1, 0.15) is 5.82 Å². The number of para-hydroxylation sites is 2. The van der Waals surface area contributed by atoms with Crippen LogP contribution in [0.5, 0.6) is 0 Å². The van der Waals surface area contributed by atoms with Crippen LogP contribution in [0.2, 0.25) is 0 Å². The normalized spacial score (nSPS) is 11.0. The lowest BCUT2D eigenvalue weighted by Gasteiger charge is -2.09. The molecule has 0 aliphatic carbocycles. The molecule has 6 heteroatoms. The van der Waals surface area contributed by atoms with Gasteiger partial charge in [-0.1, -0.05) is 12.1 Å². The highest BCUT2D eigenvalue weighted by Gasteiger charge is 2.14. The van der Waals surface area contributed by atoms with Gasteiger partial charge in [-0.2, -0.15) is 0 Å². The molecule has 0 aliphatic rings. The molecule has 0 saturated heterocycles. The van der Waals surface area contributed by atoms with Gasteiger partial charge in [-0.05, 0) is 36.8 Å². The number of hydrogen-bond donors (Lipinski definition) is 1. The number of benzene rings is 2. The molecule has 23 heavy (non-hydrogen) atoms. The first kappa shape index (κ1) is 15.1. The van der Waals surface area contributed by atoms with Crippen molar-refractivity contribution in [3.8, 4) is 11.4 Å². The third-order valence-corrected chi connectivity index (χ3v) is 3.60. The highest BCUT2D eigenvalue weighted by atomic mass is 19.2. The third-order valence-electron chi connectivity index (χ3n) is 3.60. The zero-order valence-electron chi connectivity index (χ0n) is 12.2. The van der Waals surface area contributed by atoms with Crippen molar-refractivity contribution in [3.63, 3.8) is 0 Å². The van der Waals surface area contributed by atoms with Gasteiger partial charge < -0.3 is 9.67 Å². The molecule has 0 spiro atoms. The van der Waals surface area contributed by atoms with E-state index < -0.39 is 17.6 Å². The summed E-state index contributed by atoms with van der Waals surface area (Å²) in [5, 5.41) is 8.79. The standard InChI is InChI=1S/C17H14F2N2O2/c18-12-8-7-11(10-13(12)19)17-20-14-4-1-2-5-15(14)21(17)9-3-6-16(22)23/h1-2,4-5,7-8,10H,3,6,9H2,(H,22,23). The summed E-state index contributed by atoms with van der Waals surface area (Å²) in [6, 6.07) is 11.0. The number of carbonyl (C=O) groups is 1. The molecule has 0 saturated carbocycles. The molecule has 1 heterocycles. The summed E-state index contributed by atoms with van der Waals surface area (Å²) in [4.78, 5) is 15.2. The number of rotatable bonds is 5. The number of carboxylic acid groups (broad SMARTS) is 1. The maximum absolute atomic E-state index is 13.5. The number of aromatic nitrogens is 2.